The van der Waals surface area contributed by atoms with Crippen molar-refractivity contribution in [2.24, 2.45) is 0 Å². The largest absolute Gasteiger partial charge is 0.416 e. The van der Waals surface area contributed by atoms with E-state index in [0.29, 0.717) is 10.9 Å². The molecular formula is C17H9F3N2O. The molecule has 0 unspecified atom stereocenters. The van der Waals surface area contributed by atoms with Crippen LogP contribution in [0, 0.1) is 11.3 Å². The third kappa shape index (κ3) is 2.57. The lowest BCUT2D eigenvalue weighted by molar-refractivity contribution is -0.137. The van der Waals surface area contributed by atoms with Gasteiger partial charge in [0.1, 0.15) is 6.07 Å². The fraction of sp³-hybridized carbons (Fsp3) is 0.0588. The fourth-order valence-corrected chi connectivity index (χ4v) is 2.49. The van der Waals surface area contributed by atoms with Gasteiger partial charge >= 0.3 is 6.18 Å². The molecule has 1 N–H and O–H groups in total. The minimum atomic E-state index is -4.52. The number of hydrogen-bond acceptors (Lipinski definition) is 2. The van der Waals surface area contributed by atoms with E-state index in [1.54, 1.807) is 24.3 Å². The maximum absolute atomic E-state index is 12.9. The van der Waals surface area contributed by atoms with Gasteiger partial charge in [-0.15, -0.1) is 0 Å². The van der Waals surface area contributed by atoms with E-state index < -0.39 is 17.3 Å². The molecule has 2 aromatic carbocycles. The predicted molar refractivity (Wildman–Crippen MR) is 79.7 cm³/mol. The lowest BCUT2D eigenvalue weighted by atomic mass is 9.97. The zero-order valence-corrected chi connectivity index (χ0v) is 11.6. The molecule has 1 heterocycles. The van der Waals surface area contributed by atoms with Crippen molar-refractivity contribution in [2.45, 2.75) is 6.18 Å². The van der Waals surface area contributed by atoms with Crippen LogP contribution in [0.5, 0.6) is 0 Å². The number of pyridine rings is 1. The van der Waals surface area contributed by atoms with Crippen LogP contribution in [0.2, 0.25) is 0 Å². The number of nitrogens with zero attached hydrogens (tertiary/aromatic N) is 1. The standard InChI is InChI=1S/C17H9F3N2O/c18-17(19,20)11-5-3-4-10(8-11)15-13(9-21)12-6-1-2-7-14(12)22-16(15)23/h1-8H,(H,22,23). The third-order valence-electron chi connectivity index (χ3n) is 3.51. The van der Waals surface area contributed by atoms with Gasteiger partial charge in [-0.3, -0.25) is 4.79 Å². The van der Waals surface area contributed by atoms with Crippen LogP contribution in [0.15, 0.2) is 53.3 Å². The van der Waals surface area contributed by atoms with Gasteiger partial charge < -0.3 is 4.98 Å². The lowest BCUT2D eigenvalue weighted by Gasteiger charge is -2.10. The number of halogens is 3. The number of H-pyrrole nitrogens is 1. The average molecular weight is 314 g/mol. The summed E-state index contributed by atoms with van der Waals surface area (Å²) in [4.78, 5) is 14.9. The summed E-state index contributed by atoms with van der Waals surface area (Å²) in [6.07, 6.45) is -4.52. The highest BCUT2D eigenvalue weighted by Gasteiger charge is 2.31. The van der Waals surface area contributed by atoms with Crippen molar-refractivity contribution < 1.29 is 13.2 Å². The number of aromatic amines is 1. The van der Waals surface area contributed by atoms with Crippen molar-refractivity contribution >= 4 is 10.9 Å². The molecule has 0 spiro atoms. The Morgan fingerprint density at radius 3 is 2.48 bits per heavy atom. The molecule has 0 fully saturated rings. The van der Waals surface area contributed by atoms with Gasteiger partial charge in [-0.1, -0.05) is 30.3 Å². The normalized spacial score (nSPS) is 11.4. The minimum absolute atomic E-state index is 0.0581. The predicted octanol–water partition coefficient (Wildman–Crippen LogP) is 4.09. The Kier molecular flexibility index (Phi) is 3.41. The summed E-state index contributed by atoms with van der Waals surface area (Å²) in [7, 11) is 0. The molecule has 3 aromatic rings. The zero-order chi connectivity index (χ0) is 16.6. The van der Waals surface area contributed by atoms with Crippen LogP contribution in [0.25, 0.3) is 22.0 Å². The number of benzene rings is 2. The van der Waals surface area contributed by atoms with E-state index in [4.69, 9.17) is 0 Å². The van der Waals surface area contributed by atoms with Crippen LogP contribution >= 0.6 is 0 Å². The summed E-state index contributed by atoms with van der Waals surface area (Å²) in [6.45, 7) is 0. The van der Waals surface area contributed by atoms with E-state index in [2.05, 4.69) is 4.98 Å². The molecule has 6 heteroatoms. The minimum Gasteiger partial charge on any atom is -0.321 e. The average Bonchev–Trinajstić information content (AvgIpc) is 2.52. The van der Waals surface area contributed by atoms with Gasteiger partial charge in [0.05, 0.1) is 16.7 Å². The summed E-state index contributed by atoms with van der Waals surface area (Å²) in [6, 6.07) is 13.0. The SMILES string of the molecule is N#Cc1c(-c2cccc(C(F)(F)F)c2)c(=O)[nH]c2ccccc12. The van der Waals surface area contributed by atoms with Crippen molar-refractivity contribution in [1.29, 1.82) is 5.26 Å². The summed E-state index contributed by atoms with van der Waals surface area (Å²) in [5.41, 5.74) is -0.944. The fourth-order valence-electron chi connectivity index (χ4n) is 2.49. The van der Waals surface area contributed by atoms with Gasteiger partial charge in [-0.25, -0.2) is 0 Å². The van der Waals surface area contributed by atoms with Crippen LogP contribution in [0.3, 0.4) is 0 Å². The molecule has 0 aliphatic carbocycles. The van der Waals surface area contributed by atoms with Gasteiger partial charge in [0.15, 0.2) is 0 Å². The van der Waals surface area contributed by atoms with E-state index >= 15 is 0 Å². The Morgan fingerprint density at radius 2 is 1.78 bits per heavy atom. The van der Waals surface area contributed by atoms with Crippen LogP contribution in [0.4, 0.5) is 13.2 Å². The van der Waals surface area contributed by atoms with Gasteiger partial charge in [0.2, 0.25) is 0 Å². The number of rotatable bonds is 1. The summed E-state index contributed by atoms with van der Waals surface area (Å²) < 4.78 is 38.6. The van der Waals surface area contributed by atoms with Crippen LogP contribution < -0.4 is 5.56 Å². The molecule has 3 nitrogen and oxygen atoms in total. The number of nitrogens with one attached hydrogen (secondary N) is 1. The monoisotopic (exact) mass is 314 g/mol. The molecular weight excluding hydrogens is 305 g/mol. The molecule has 0 amide bonds. The maximum atomic E-state index is 12.9. The Bertz CT molecular complexity index is 997. The molecule has 0 radical (unpaired) electrons. The Labute approximate surface area is 128 Å². The van der Waals surface area contributed by atoms with Gasteiger partial charge in [-0.05, 0) is 23.8 Å². The second-order valence-electron chi connectivity index (χ2n) is 4.94. The molecule has 3 rings (SSSR count). The van der Waals surface area contributed by atoms with Crippen LogP contribution in [0.1, 0.15) is 11.1 Å². The number of para-hydroxylation sites is 1. The number of hydrogen-bond donors (Lipinski definition) is 1. The zero-order valence-electron chi connectivity index (χ0n) is 11.6. The van der Waals surface area contributed by atoms with E-state index in [1.165, 1.54) is 12.1 Å². The smallest absolute Gasteiger partial charge is 0.321 e. The Morgan fingerprint density at radius 1 is 1.04 bits per heavy atom. The van der Waals surface area contributed by atoms with Crippen molar-refractivity contribution in [1.82, 2.24) is 4.98 Å². The number of nitriles is 1. The first-order valence-corrected chi connectivity index (χ1v) is 6.64. The summed E-state index contributed by atoms with van der Waals surface area (Å²) >= 11 is 0. The van der Waals surface area contributed by atoms with E-state index in [-0.39, 0.29) is 16.7 Å². The van der Waals surface area contributed by atoms with E-state index in [1.807, 2.05) is 6.07 Å². The van der Waals surface area contributed by atoms with Crippen LogP contribution in [-0.2, 0) is 6.18 Å². The highest BCUT2D eigenvalue weighted by molar-refractivity contribution is 5.91. The van der Waals surface area contributed by atoms with Gasteiger partial charge in [0, 0.05) is 10.9 Å². The molecule has 0 bridgehead atoms. The first kappa shape index (κ1) is 14.9. The van der Waals surface area contributed by atoms with Crippen molar-refractivity contribution in [3.8, 4) is 17.2 Å². The third-order valence-corrected chi connectivity index (χ3v) is 3.51. The Balaban J connectivity index is 2.35. The molecule has 0 aliphatic rings. The number of alkyl halides is 3. The molecule has 0 saturated heterocycles. The molecule has 0 saturated carbocycles. The van der Waals surface area contributed by atoms with Crippen LogP contribution in [-0.4, -0.2) is 4.98 Å². The van der Waals surface area contributed by atoms with Gasteiger partial charge in [0.25, 0.3) is 5.56 Å². The molecule has 23 heavy (non-hydrogen) atoms. The van der Waals surface area contributed by atoms with Crippen molar-refractivity contribution in [2.75, 3.05) is 0 Å². The highest BCUT2D eigenvalue weighted by atomic mass is 19.4. The number of fused-ring (bicyclic) bond motifs is 1. The Hall–Kier alpha value is -3.07. The van der Waals surface area contributed by atoms with E-state index in [0.717, 1.165) is 12.1 Å². The van der Waals surface area contributed by atoms with Crippen molar-refractivity contribution in [3.63, 3.8) is 0 Å². The topological polar surface area (TPSA) is 56.6 Å². The van der Waals surface area contributed by atoms with Crippen molar-refractivity contribution in [3.05, 3.63) is 70.0 Å². The first-order chi connectivity index (χ1) is 10.9. The van der Waals surface area contributed by atoms with E-state index in [9.17, 15) is 23.2 Å². The molecule has 0 atom stereocenters. The molecule has 0 aliphatic heterocycles. The second kappa shape index (κ2) is 5.29. The second-order valence-corrected chi connectivity index (χ2v) is 4.94. The van der Waals surface area contributed by atoms with Gasteiger partial charge in [-0.2, -0.15) is 18.4 Å². The maximum Gasteiger partial charge on any atom is 0.416 e. The lowest BCUT2D eigenvalue weighted by Crippen LogP contribution is -2.12. The summed E-state index contributed by atoms with van der Waals surface area (Å²) in [5, 5.41) is 9.89. The quantitative estimate of drug-likeness (QED) is 0.735. The highest BCUT2D eigenvalue weighted by Crippen LogP contribution is 2.33. The first-order valence-electron chi connectivity index (χ1n) is 6.64. The molecule has 114 valence electrons. The molecule has 1 aromatic heterocycles. The number of aromatic nitrogens is 1. The summed E-state index contributed by atoms with van der Waals surface area (Å²) in [5.74, 6) is 0.